The summed E-state index contributed by atoms with van der Waals surface area (Å²) in [6, 6.07) is 24.1. The largest absolute Gasteiger partial charge is 0.480 e. The third-order valence-corrected chi connectivity index (χ3v) is 5.12. The maximum absolute atomic E-state index is 11.4. The first-order chi connectivity index (χ1) is 13.2. The van der Waals surface area contributed by atoms with Crippen LogP contribution in [0.15, 0.2) is 79.0 Å². The van der Waals surface area contributed by atoms with Crippen LogP contribution >= 0.6 is 0 Å². The first-order valence-electron chi connectivity index (χ1n) is 8.87. The Balaban J connectivity index is 1.80. The summed E-state index contributed by atoms with van der Waals surface area (Å²) in [7, 11) is 0. The Morgan fingerprint density at radius 1 is 0.852 bits per heavy atom. The lowest BCUT2D eigenvalue weighted by molar-refractivity contribution is -0.137. The number of para-hydroxylation sites is 3. The van der Waals surface area contributed by atoms with Crippen molar-refractivity contribution in [2.75, 3.05) is 0 Å². The first kappa shape index (κ1) is 15.7. The van der Waals surface area contributed by atoms with Crippen LogP contribution < -0.4 is 4.74 Å². The Bertz CT molecular complexity index is 1130. The maximum Gasteiger partial charge on any atom is 0.323 e. The van der Waals surface area contributed by atoms with Crippen molar-refractivity contribution in [1.82, 2.24) is 4.57 Å². The molecule has 0 aliphatic carbocycles. The van der Waals surface area contributed by atoms with Crippen LogP contribution in [-0.2, 0) is 11.3 Å². The third-order valence-electron chi connectivity index (χ3n) is 5.12. The minimum atomic E-state index is -0.852. The van der Waals surface area contributed by atoms with Gasteiger partial charge in [0, 0.05) is 34.1 Å². The zero-order valence-corrected chi connectivity index (χ0v) is 14.5. The number of carboxylic acids is 1. The van der Waals surface area contributed by atoms with E-state index in [4.69, 9.17) is 4.74 Å². The van der Waals surface area contributed by atoms with Crippen LogP contribution in [0.2, 0.25) is 0 Å². The lowest BCUT2D eigenvalue weighted by Crippen LogP contribution is -2.11. The van der Waals surface area contributed by atoms with E-state index in [1.165, 1.54) is 0 Å². The van der Waals surface area contributed by atoms with Crippen LogP contribution in [0.3, 0.4) is 0 Å². The number of benzene rings is 3. The zero-order chi connectivity index (χ0) is 18.4. The summed E-state index contributed by atoms with van der Waals surface area (Å²) in [4.78, 5) is 11.4. The molecule has 27 heavy (non-hydrogen) atoms. The van der Waals surface area contributed by atoms with E-state index in [9.17, 15) is 9.90 Å². The molecule has 0 spiro atoms. The number of fused-ring (bicyclic) bond motifs is 3. The van der Waals surface area contributed by atoms with Gasteiger partial charge in [0.1, 0.15) is 18.0 Å². The predicted molar refractivity (Wildman–Crippen MR) is 103 cm³/mol. The SMILES string of the molecule is O=C(O)Cn1cc(C2c3ccccc3Oc3ccccc32)c2ccccc21. The number of nitrogens with zero attached hydrogens (tertiary/aromatic N) is 1. The molecule has 2 heterocycles. The number of ether oxygens (including phenoxy) is 1. The number of hydrogen-bond acceptors (Lipinski definition) is 2. The van der Waals surface area contributed by atoms with Crippen molar-refractivity contribution in [2.24, 2.45) is 0 Å². The molecule has 0 bridgehead atoms. The van der Waals surface area contributed by atoms with E-state index in [2.05, 4.69) is 18.2 Å². The van der Waals surface area contributed by atoms with Crippen LogP contribution in [-0.4, -0.2) is 15.6 Å². The van der Waals surface area contributed by atoms with E-state index in [1.54, 1.807) is 0 Å². The molecular formula is C23H17NO3. The summed E-state index contributed by atoms with van der Waals surface area (Å²) in [5.41, 5.74) is 4.20. The number of carbonyl (C=O) groups is 1. The lowest BCUT2D eigenvalue weighted by Gasteiger charge is -2.28. The molecule has 0 amide bonds. The molecule has 0 saturated heterocycles. The fourth-order valence-corrected chi connectivity index (χ4v) is 4.03. The molecule has 0 fully saturated rings. The monoisotopic (exact) mass is 355 g/mol. The minimum Gasteiger partial charge on any atom is -0.480 e. The van der Waals surface area contributed by atoms with Crippen LogP contribution in [0.1, 0.15) is 22.6 Å². The molecule has 4 heteroatoms. The van der Waals surface area contributed by atoms with Crippen LogP contribution in [0, 0.1) is 0 Å². The third kappa shape index (κ3) is 2.49. The van der Waals surface area contributed by atoms with E-state index < -0.39 is 5.97 Å². The number of aliphatic carboxylic acids is 1. The average Bonchev–Trinajstić information content (AvgIpc) is 3.04. The quantitative estimate of drug-likeness (QED) is 0.495. The molecule has 5 rings (SSSR count). The second kappa shape index (κ2) is 6.02. The second-order valence-electron chi connectivity index (χ2n) is 6.73. The molecule has 1 aliphatic rings. The molecule has 0 radical (unpaired) electrons. The summed E-state index contributed by atoms with van der Waals surface area (Å²) in [5.74, 6) is 0.828. The standard InChI is InChI=1S/C23H17NO3/c25-22(26)14-24-13-18(15-7-1-4-10-19(15)24)23-16-8-2-5-11-20(16)27-21-12-6-3-9-17(21)23/h1-13,23H,14H2,(H,25,26). The van der Waals surface area contributed by atoms with E-state index >= 15 is 0 Å². The van der Waals surface area contributed by atoms with Gasteiger partial charge in [-0.3, -0.25) is 4.79 Å². The van der Waals surface area contributed by atoms with Crippen molar-refractivity contribution in [1.29, 1.82) is 0 Å². The molecular weight excluding hydrogens is 338 g/mol. The van der Waals surface area contributed by atoms with Gasteiger partial charge >= 0.3 is 5.97 Å². The summed E-state index contributed by atoms with van der Waals surface area (Å²) in [5, 5.41) is 10.4. The van der Waals surface area contributed by atoms with Crippen molar-refractivity contribution in [3.63, 3.8) is 0 Å². The van der Waals surface area contributed by atoms with Gasteiger partial charge in [-0.15, -0.1) is 0 Å². The van der Waals surface area contributed by atoms with E-state index in [0.29, 0.717) is 0 Å². The summed E-state index contributed by atoms with van der Waals surface area (Å²) >= 11 is 0. The number of rotatable bonds is 3. The summed E-state index contributed by atoms with van der Waals surface area (Å²) < 4.78 is 7.92. The lowest BCUT2D eigenvalue weighted by atomic mass is 9.82. The van der Waals surface area contributed by atoms with Crippen molar-refractivity contribution in [3.05, 3.63) is 95.7 Å². The normalized spacial score (nSPS) is 13.0. The molecule has 132 valence electrons. The Morgan fingerprint density at radius 2 is 1.44 bits per heavy atom. The van der Waals surface area contributed by atoms with Crippen LogP contribution in [0.4, 0.5) is 0 Å². The van der Waals surface area contributed by atoms with E-state index in [0.717, 1.165) is 39.1 Å². The van der Waals surface area contributed by atoms with Gasteiger partial charge in [0.25, 0.3) is 0 Å². The van der Waals surface area contributed by atoms with Gasteiger partial charge < -0.3 is 14.4 Å². The summed E-state index contributed by atoms with van der Waals surface area (Å²) in [6.45, 7) is -0.0625. The van der Waals surface area contributed by atoms with Gasteiger partial charge in [0.2, 0.25) is 0 Å². The highest BCUT2D eigenvalue weighted by Crippen LogP contribution is 2.48. The van der Waals surface area contributed by atoms with Crippen LogP contribution in [0.25, 0.3) is 10.9 Å². The Morgan fingerprint density at radius 3 is 2.11 bits per heavy atom. The highest BCUT2D eigenvalue weighted by molar-refractivity contribution is 5.87. The highest BCUT2D eigenvalue weighted by Gasteiger charge is 2.30. The molecule has 0 saturated carbocycles. The maximum atomic E-state index is 11.4. The van der Waals surface area contributed by atoms with Gasteiger partial charge in [-0.2, -0.15) is 0 Å². The van der Waals surface area contributed by atoms with Gasteiger partial charge in [0.15, 0.2) is 0 Å². The van der Waals surface area contributed by atoms with Crippen molar-refractivity contribution < 1.29 is 14.6 Å². The predicted octanol–water partition coefficient (Wildman–Crippen LogP) is 5.01. The number of carboxylic acid groups (broad SMARTS) is 1. The topological polar surface area (TPSA) is 51.5 Å². The zero-order valence-electron chi connectivity index (χ0n) is 14.5. The Kier molecular flexibility index (Phi) is 3.50. The smallest absolute Gasteiger partial charge is 0.323 e. The van der Waals surface area contributed by atoms with Gasteiger partial charge in [-0.1, -0.05) is 54.6 Å². The van der Waals surface area contributed by atoms with Gasteiger partial charge in [-0.05, 0) is 23.8 Å². The first-order valence-corrected chi connectivity index (χ1v) is 8.87. The summed E-state index contributed by atoms with van der Waals surface area (Å²) in [6.07, 6.45) is 1.97. The fraction of sp³-hybridized carbons (Fsp3) is 0.0870. The second-order valence-corrected chi connectivity index (χ2v) is 6.73. The van der Waals surface area contributed by atoms with Gasteiger partial charge in [-0.25, -0.2) is 0 Å². The van der Waals surface area contributed by atoms with Crippen molar-refractivity contribution >= 4 is 16.9 Å². The minimum absolute atomic E-state index is 0.00825. The molecule has 1 aromatic heterocycles. The molecule has 4 aromatic rings. The Labute approximate surface area is 156 Å². The van der Waals surface area contributed by atoms with Crippen molar-refractivity contribution in [2.45, 2.75) is 12.5 Å². The fourth-order valence-electron chi connectivity index (χ4n) is 4.03. The van der Waals surface area contributed by atoms with Crippen molar-refractivity contribution in [3.8, 4) is 11.5 Å². The average molecular weight is 355 g/mol. The molecule has 1 aliphatic heterocycles. The molecule has 1 N–H and O–H groups in total. The molecule has 0 unspecified atom stereocenters. The highest BCUT2D eigenvalue weighted by atomic mass is 16.5. The Hall–Kier alpha value is -3.53. The molecule has 3 aromatic carbocycles. The molecule has 0 atom stereocenters. The van der Waals surface area contributed by atoms with Crippen LogP contribution in [0.5, 0.6) is 11.5 Å². The molecule has 4 nitrogen and oxygen atoms in total. The number of hydrogen-bond donors (Lipinski definition) is 1. The van der Waals surface area contributed by atoms with Gasteiger partial charge in [0.05, 0.1) is 0 Å². The van der Waals surface area contributed by atoms with E-state index in [1.807, 2.05) is 65.4 Å². The van der Waals surface area contributed by atoms with E-state index in [-0.39, 0.29) is 12.5 Å². The number of aromatic nitrogens is 1.